The highest BCUT2D eigenvalue weighted by molar-refractivity contribution is 5.89. The van der Waals surface area contributed by atoms with E-state index in [1.54, 1.807) is 0 Å². The van der Waals surface area contributed by atoms with Crippen LogP contribution >= 0.6 is 0 Å². The standard InChI is InChI=1S/C14H13NO4/c16-14(11-5-7-12(8-6-11)15(17)18)19-13-9-1-2-10(13)4-3-9/h1-2,5-10,13H,3-4H2/t9-,10+,13?. The van der Waals surface area contributed by atoms with Crippen LogP contribution in [0.5, 0.6) is 0 Å². The maximum atomic E-state index is 12.0. The predicted molar refractivity (Wildman–Crippen MR) is 67.7 cm³/mol. The molecule has 19 heavy (non-hydrogen) atoms. The fourth-order valence-corrected chi connectivity index (χ4v) is 2.81. The number of carbonyl (C=O) groups is 1. The number of rotatable bonds is 3. The third kappa shape index (κ3) is 2.12. The number of nitro groups is 1. The van der Waals surface area contributed by atoms with Crippen molar-refractivity contribution in [3.8, 4) is 0 Å². The van der Waals surface area contributed by atoms with Crippen LogP contribution < -0.4 is 0 Å². The van der Waals surface area contributed by atoms with E-state index in [2.05, 4.69) is 12.2 Å². The van der Waals surface area contributed by atoms with Crippen molar-refractivity contribution in [2.75, 3.05) is 0 Å². The van der Waals surface area contributed by atoms with Gasteiger partial charge in [0.15, 0.2) is 0 Å². The van der Waals surface area contributed by atoms with Gasteiger partial charge in [0.2, 0.25) is 0 Å². The van der Waals surface area contributed by atoms with Gasteiger partial charge in [-0.2, -0.15) is 0 Å². The Balaban J connectivity index is 1.69. The number of benzene rings is 1. The van der Waals surface area contributed by atoms with Gasteiger partial charge in [-0.1, -0.05) is 12.2 Å². The normalized spacial score (nSPS) is 27.5. The van der Waals surface area contributed by atoms with E-state index in [0.29, 0.717) is 17.4 Å². The van der Waals surface area contributed by atoms with Gasteiger partial charge >= 0.3 is 5.97 Å². The summed E-state index contributed by atoms with van der Waals surface area (Å²) >= 11 is 0. The highest BCUT2D eigenvalue weighted by atomic mass is 16.6. The number of nitro benzene ring substituents is 1. The highest BCUT2D eigenvalue weighted by Gasteiger charge is 2.40. The molecule has 3 atom stereocenters. The van der Waals surface area contributed by atoms with Crippen molar-refractivity contribution in [1.82, 2.24) is 0 Å². The minimum Gasteiger partial charge on any atom is -0.458 e. The Morgan fingerprint density at radius 3 is 2.21 bits per heavy atom. The second-order valence-electron chi connectivity index (χ2n) is 4.96. The second kappa shape index (κ2) is 4.50. The summed E-state index contributed by atoms with van der Waals surface area (Å²) in [6.07, 6.45) is 6.31. The molecule has 5 heteroatoms. The minimum atomic E-state index is -0.490. The average molecular weight is 259 g/mol. The van der Waals surface area contributed by atoms with Crippen LogP contribution in [0.1, 0.15) is 23.2 Å². The molecule has 1 unspecified atom stereocenters. The van der Waals surface area contributed by atoms with Crippen molar-refractivity contribution in [1.29, 1.82) is 0 Å². The Bertz CT molecular complexity index is 535. The molecular weight excluding hydrogens is 246 g/mol. The van der Waals surface area contributed by atoms with Gasteiger partial charge in [-0.05, 0) is 25.0 Å². The minimum absolute atomic E-state index is 0.0286. The van der Waals surface area contributed by atoms with Gasteiger partial charge in [0, 0.05) is 24.0 Å². The SMILES string of the molecule is O=C(OC1[C@@H]2C=C[C@H]1CC2)c1ccc([N+](=O)[O-])cc1. The van der Waals surface area contributed by atoms with E-state index in [1.165, 1.54) is 24.3 Å². The maximum Gasteiger partial charge on any atom is 0.338 e. The van der Waals surface area contributed by atoms with Gasteiger partial charge in [0.05, 0.1) is 10.5 Å². The average Bonchev–Trinajstić information content (AvgIpc) is 2.98. The Morgan fingerprint density at radius 1 is 1.16 bits per heavy atom. The summed E-state index contributed by atoms with van der Waals surface area (Å²) in [7, 11) is 0. The Hall–Kier alpha value is -2.17. The number of fused-ring (bicyclic) bond motifs is 2. The highest BCUT2D eigenvalue weighted by Crippen LogP contribution is 2.41. The summed E-state index contributed by atoms with van der Waals surface area (Å²) in [5.41, 5.74) is 0.330. The van der Waals surface area contributed by atoms with Crippen molar-refractivity contribution < 1.29 is 14.5 Å². The Labute approximate surface area is 110 Å². The molecule has 5 nitrogen and oxygen atoms in total. The van der Waals surface area contributed by atoms with Crippen LogP contribution in [0.15, 0.2) is 36.4 Å². The lowest BCUT2D eigenvalue weighted by molar-refractivity contribution is -0.384. The molecule has 3 rings (SSSR count). The summed E-state index contributed by atoms with van der Waals surface area (Å²) in [5, 5.41) is 10.5. The van der Waals surface area contributed by atoms with Crippen molar-refractivity contribution in [3.05, 3.63) is 52.1 Å². The first-order valence-electron chi connectivity index (χ1n) is 6.29. The first-order chi connectivity index (χ1) is 9.15. The van der Waals surface area contributed by atoms with Crippen molar-refractivity contribution in [3.63, 3.8) is 0 Å². The Kier molecular flexibility index (Phi) is 2.81. The van der Waals surface area contributed by atoms with Crippen molar-refractivity contribution in [2.45, 2.75) is 18.9 Å². The zero-order chi connectivity index (χ0) is 13.4. The number of non-ortho nitro benzene ring substituents is 1. The molecule has 1 aromatic carbocycles. The van der Waals surface area contributed by atoms with Crippen LogP contribution in [0.4, 0.5) is 5.69 Å². The number of carbonyl (C=O) groups excluding carboxylic acids is 1. The quantitative estimate of drug-likeness (QED) is 0.362. The molecule has 1 fully saturated rings. The van der Waals surface area contributed by atoms with Crippen molar-refractivity contribution >= 4 is 11.7 Å². The van der Waals surface area contributed by atoms with E-state index >= 15 is 0 Å². The van der Waals surface area contributed by atoms with Crippen LogP contribution in [0.2, 0.25) is 0 Å². The topological polar surface area (TPSA) is 69.4 Å². The molecule has 1 aromatic rings. The fraction of sp³-hybridized carbons (Fsp3) is 0.357. The van der Waals surface area contributed by atoms with Crippen LogP contribution in [-0.4, -0.2) is 17.0 Å². The molecule has 0 radical (unpaired) electrons. The maximum absolute atomic E-state index is 12.0. The molecule has 0 heterocycles. The Morgan fingerprint density at radius 2 is 1.74 bits per heavy atom. The molecule has 0 N–H and O–H groups in total. The molecule has 0 aliphatic heterocycles. The largest absolute Gasteiger partial charge is 0.458 e. The van der Waals surface area contributed by atoms with Crippen molar-refractivity contribution in [2.24, 2.45) is 11.8 Å². The van der Waals surface area contributed by atoms with E-state index in [0.717, 1.165) is 12.8 Å². The molecule has 2 aliphatic rings. The van der Waals surface area contributed by atoms with Crippen LogP contribution in [0.3, 0.4) is 0 Å². The monoisotopic (exact) mass is 259 g/mol. The summed E-state index contributed by atoms with van der Waals surface area (Å²) in [6, 6.07) is 5.51. The van der Waals surface area contributed by atoms with E-state index < -0.39 is 10.9 Å². The fourth-order valence-electron chi connectivity index (χ4n) is 2.81. The van der Waals surface area contributed by atoms with Crippen LogP contribution in [0.25, 0.3) is 0 Å². The summed E-state index contributed by atoms with van der Waals surface area (Å²) in [4.78, 5) is 22.0. The van der Waals surface area contributed by atoms with E-state index in [1.807, 2.05) is 0 Å². The molecule has 0 aromatic heterocycles. The van der Waals surface area contributed by atoms with Gasteiger partial charge < -0.3 is 4.74 Å². The van der Waals surface area contributed by atoms with E-state index in [4.69, 9.17) is 4.74 Å². The lowest BCUT2D eigenvalue weighted by Crippen LogP contribution is -2.23. The number of ether oxygens (including phenoxy) is 1. The first-order valence-corrected chi connectivity index (χ1v) is 6.29. The molecule has 0 saturated heterocycles. The zero-order valence-electron chi connectivity index (χ0n) is 10.2. The van der Waals surface area contributed by atoms with Gasteiger partial charge in [-0.25, -0.2) is 4.79 Å². The molecular formula is C14H13NO4. The van der Waals surface area contributed by atoms with E-state index in [-0.39, 0.29) is 11.8 Å². The number of hydrogen-bond acceptors (Lipinski definition) is 4. The molecule has 0 spiro atoms. The number of esters is 1. The lowest BCUT2D eigenvalue weighted by atomic mass is 10.1. The van der Waals surface area contributed by atoms with Gasteiger partial charge in [0.1, 0.15) is 6.10 Å². The number of hydrogen-bond donors (Lipinski definition) is 0. The van der Waals surface area contributed by atoms with Crippen LogP contribution in [0, 0.1) is 22.0 Å². The second-order valence-corrected chi connectivity index (χ2v) is 4.96. The number of nitrogens with zero attached hydrogens (tertiary/aromatic N) is 1. The summed E-state index contributed by atoms with van der Waals surface area (Å²) < 4.78 is 5.51. The van der Waals surface area contributed by atoms with Gasteiger partial charge in [0.25, 0.3) is 5.69 Å². The molecule has 1 saturated carbocycles. The first kappa shape index (κ1) is 11.9. The third-order valence-electron chi connectivity index (χ3n) is 3.84. The van der Waals surface area contributed by atoms with Gasteiger partial charge in [-0.3, -0.25) is 10.1 Å². The molecule has 2 aliphatic carbocycles. The smallest absolute Gasteiger partial charge is 0.338 e. The molecule has 98 valence electrons. The predicted octanol–water partition coefficient (Wildman–Crippen LogP) is 2.72. The third-order valence-corrected chi connectivity index (χ3v) is 3.84. The van der Waals surface area contributed by atoms with E-state index in [9.17, 15) is 14.9 Å². The lowest BCUT2D eigenvalue weighted by Gasteiger charge is -2.16. The summed E-state index contributed by atoms with van der Waals surface area (Å²) in [6.45, 7) is 0. The zero-order valence-corrected chi connectivity index (χ0v) is 10.2. The summed E-state index contributed by atoms with van der Waals surface area (Å²) in [5.74, 6) is 0.277. The van der Waals surface area contributed by atoms with Crippen LogP contribution in [-0.2, 0) is 4.74 Å². The molecule has 2 bridgehead atoms. The van der Waals surface area contributed by atoms with Gasteiger partial charge in [-0.15, -0.1) is 0 Å². The molecule has 0 amide bonds.